The molecule has 2 aromatic carbocycles. The maximum atomic E-state index is 12.5. The van der Waals surface area contributed by atoms with E-state index >= 15 is 0 Å². The van der Waals surface area contributed by atoms with Crippen molar-refractivity contribution in [1.29, 1.82) is 0 Å². The van der Waals surface area contributed by atoms with Gasteiger partial charge in [0.1, 0.15) is 0 Å². The molecular weight excluding hydrogens is 329 g/mol. The molecular formula is C19H19Cl2NO. The number of likely N-dealkylation sites (tertiary alicyclic amines) is 1. The van der Waals surface area contributed by atoms with E-state index in [4.69, 9.17) is 23.2 Å². The van der Waals surface area contributed by atoms with Crippen molar-refractivity contribution >= 4 is 29.0 Å². The minimum Gasteiger partial charge on any atom is -0.299 e. The van der Waals surface area contributed by atoms with E-state index in [-0.39, 0.29) is 5.78 Å². The third kappa shape index (κ3) is 4.35. The Kier molecular flexibility index (Phi) is 5.37. The Balaban J connectivity index is 1.72. The number of carbonyl (C=O) groups excluding carboxylic acids is 1. The molecule has 0 saturated carbocycles. The number of hydrogen-bond donors (Lipinski definition) is 0. The van der Waals surface area contributed by atoms with E-state index in [1.807, 2.05) is 24.3 Å². The van der Waals surface area contributed by atoms with Crippen LogP contribution < -0.4 is 0 Å². The van der Waals surface area contributed by atoms with Gasteiger partial charge in [0.15, 0.2) is 5.78 Å². The fourth-order valence-electron chi connectivity index (χ4n) is 2.99. The molecule has 0 amide bonds. The number of piperidine rings is 1. The van der Waals surface area contributed by atoms with Crippen LogP contribution in [-0.2, 0) is 6.54 Å². The van der Waals surface area contributed by atoms with Gasteiger partial charge in [-0.1, -0.05) is 53.9 Å². The summed E-state index contributed by atoms with van der Waals surface area (Å²) in [5.41, 5.74) is 2.42. The molecule has 0 aliphatic carbocycles. The van der Waals surface area contributed by atoms with E-state index in [9.17, 15) is 4.79 Å². The van der Waals surface area contributed by atoms with Gasteiger partial charge in [0.2, 0.25) is 0 Å². The summed E-state index contributed by atoms with van der Waals surface area (Å²) in [6.07, 6.45) is 3.91. The molecule has 0 aromatic heterocycles. The second-order valence-corrected chi connectivity index (χ2v) is 6.89. The van der Waals surface area contributed by atoms with Crippen molar-refractivity contribution in [1.82, 2.24) is 4.90 Å². The molecule has 0 spiro atoms. The molecule has 0 radical (unpaired) electrons. The first-order valence-electron chi connectivity index (χ1n) is 7.94. The van der Waals surface area contributed by atoms with E-state index in [0.29, 0.717) is 21.2 Å². The van der Waals surface area contributed by atoms with E-state index < -0.39 is 0 Å². The van der Waals surface area contributed by atoms with Crippen molar-refractivity contribution in [2.75, 3.05) is 13.1 Å². The lowest BCUT2D eigenvalue weighted by Gasteiger charge is -2.26. The van der Waals surface area contributed by atoms with Gasteiger partial charge in [-0.15, -0.1) is 0 Å². The number of hydrogen-bond acceptors (Lipinski definition) is 2. The standard InChI is InChI=1S/C19H19Cl2NO/c20-17-10-16(11-18(21)12-17)19(23)15-6-4-14(5-7-15)13-22-8-2-1-3-9-22/h4-7,10-12H,1-3,8-9,13H2. The molecule has 0 bridgehead atoms. The molecule has 3 rings (SSSR count). The van der Waals surface area contributed by atoms with Crippen molar-refractivity contribution in [2.45, 2.75) is 25.8 Å². The first-order valence-corrected chi connectivity index (χ1v) is 8.69. The second-order valence-electron chi connectivity index (χ2n) is 6.02. The zero-order chi connectivity index (χ0) is 16.2. The molecule has 4 heteroatoms. The van der Waals surface area contributed by atoms with Crippen LogP contribution in [0.3, 0.4) is 0 Å². The Hall–Kier alpha value is -1.35. The van der Waals surface area contributed by atoms with Gasteiger partial charge in [-0.2, -0.15) is 0 Å². The third-order valence-electron chi connectivity index (χ3n) is 4.20. The normalized spacial score (nSPS) is 15.6. The molecule has 1 aliphatic rings. The lowest BCUT2D eigenvalue weighted by Crippen LogP contribution is -2.29. The Morgan fingerprint density at radius 2 is 1.48 bits per heavy atom. The topological polar surface area (TPSA) is 20.3 Å². The molecule has 0 N–H and O–H groups in total. The summed E-state index contributed by atoms with van der Waals surface area (Å²) < 4.78 is 0. The van der Waals surface area contributed by atoms with Gasteiger partial charge in [0.25, 0.3) is 0 Å². The van der Waals surface area contributed by atoms with Crippen LogP contribution >= 0.6 is 23.2 Å². The average Bonchev–Trinajstić information content (AvgIpc) is 2.55. The fraction of sp³-hybridized carbons (Fsp3) is 0.316. The fourth-order valence-corrected chi connectivity index (χ4v) is 3.51. The molecule has 120 valence electrons. The zero-order valence-electron chi connectivity index (χ0n) is 12.9. The molecule has 23 heavy (non-hydrogen) atoms. The summed E-state index contributed by atoms with van der Waals surface area (Å²) in [4.78, 5) is 15.0. The highest BCUT2D eigenvalue weighted by molar-refractivity contribution is 6.35. The SMILES string of the molecule is O=C(c1ccc(CN2CCCCC2)cc1)c1cc(Cl)cc(Cl)c1. The summed E-state index contributed by atoms with van der Waals surface area (Å²) >= 11 is 11.9. The van der Waals surface area contributed by atoms with Crippen LogP contribution in [0.15, 0.2) is 42.5 Å². The smallest absolute Gasteiger partial charge is 0.193 e. The van der Waals surface area contributed by atoms with Crippen molar-refractivity contribution in [2.24, 2.45) is 0 Å². The quantitative estimate of drug-likeness (QED) is 0.707. The second kappa shape index (κ2) is 7.48. The van der Waals surface area contributed by atoms with E-state index in [2.05, 4.69) is 4.90 Å². The van der Waals surface area contributed by atoms with Crippen molar-refractivity contribution < 1.29 is 4.79 Å². The summed E-state index contributed by atoms with van der Waals surface area (Å²) in [5, 5.41) is 0.949. The predicted molar refractivity (Wildman–Crippen MR) is 95.5 cm³/mol. The molecule has 0 atom stereocenters. The molecule has 1 heterocycles. The van der Waals surface area contributed by atoms with E-state index in [1.165, 1.54) is 37.9 Å². The van der Waals surface area contributed by atoms with Gasteiger partial charge in [-0.3, -0.25) is 9.69 Å². The highest BCUT2D eigenvalue weighted by Gasteiger charge is 2.13. The highest BCUT2D eigenvalue weighted by atomic mass is 35.5. The number of rotatable bonds is 4. The van der Waals surface area contributed by atoms with E-state index in [0.717, 1.165) is 6.54 Å². The largest absolute Gasteiger partial charge is 0.299 e. The number of halogens is 2. The van der Waals surface area contributed by atoms with Crippen LogP contribution in [0.25, 0.3) is 0 Å². The number of carbonyl (C=O) groups is 1. The van der Waals surface area contributed by atoms with Crippen molar-refractivity contribution in [3.63, 3.8) is 0 Å². The van der Waals surface area contributed by atoms with Crippen LogP contribution in [0, 0.1) is 0 Å². The minimum atomic E-state index is -0.0566. The van der Waals surface area contributed by atoms with Gasteiger partial charge < -0.3 is 0 Å². The number of benzene rings is 2. The van der Waals surface area contributed by atoms with Crippen molar-refractivity contribution in [3.05, 3.63) is 69.2 Å². The summed E-state index contributed by atoms with van der Waals surface area (Å²) in [7, 11) is 0. The van der Waals surface area contributed by atoms with Crippen LogP contribution in [0.2, 0.25) is 10.0 Å². The maximum absolute atomic E-state index is 12.5. The minimum absolute atomic E-state index is 0.0566. The highest BCUT2D eigenvalue weighted by Crippen LogP contribution is 2.22. The first-order chi connectivity index (χ1) is 11.1. The first kappa shape index (κ1) is 16.5. The van der Waals surface area contributed by atoms with Gasteiger partial charge >= 0.3 is 0 Å². The van der Waals surface area contributed by atoms with Gasteiger partial charge in [0, 0.05) is 27.7 Å². The Labute approximate surface area is 147 Å². The lowest BCUT2D eigenvalue weighted by atomic mass is 10.0. The van der Waals surface area contributed by atoms with Gasteiger partial charge in [0.05, 0.1) is 0 Å². The molecule has 1 fully saturated rings. The lowest BCUT2D eigenvalue weighted by molar-refractivity contribution is 0.103. The molecule has 2 aromatic rings. The number of ketones is 1. The summed E-state index contributed by atoms with van der Waals surface area (Å²) in [5.74, 6) is -0.0566. The van der Waals surface area contributed by atoms with Crippen LogP contribution in [0.4, 0.5) is 0 Å². The summed E-state index contributed by atoms with van der Waals surface area (Å²) in [6, 6.07) is 12.8. The molecule has 1 saturated heterocycles. The zero-order valence-corrected chi connectivity index (χ0v) is 14.4. The van der Waals surface area contributed by atoms with Crippen molar-refractivity contribution in [3.8, 4) is 0 Å². The number of nitrogens with zero attached hydrogens (tertiary/aromatic N) is 1. The van der Waals surface area contributed by atoms with Gasteiger partial charge in [-0.25, -0.2) is 0 Å². The predicted octanol–water partition coefficient (Wildman–Crippen LogP) is 5.21. The molecule has 1 aliphatic heterocycles. The summed E-state index contributed by atoms with van der Waals surface area (Å²) in [6.45, 7) is 3.29. The Morgan fingerprint density at radius 1 is 0.870 bits per heavy atom. The third-order valence-corrected chi connectivity index (χ3v) is 4.63. The Bertz CT molecular complexity index is 671. The molecule has 2 nitrogen and oxygen atoms in total. The Morgan fingerprint density at radius 3 is 2.09 bits per heavy atom. The van der Waals surface area contributed by atoms with Crippen LogP contribution in [0.1, 0.15) is 40.7 Å². The molecule has 0 unspecified atom stereocenters. The monoisotopic (exact) mass is 347 g/mol. The van der Waals surface area contributed by atoms with Crippen LogP contribution in [0.5, 0.6) is 0 Å². The maximum Gasteiger partial charge on any atom is 0.193 e. The van der Waals surface area contributed by atoms with Gasteiger partial charge in [-0.05, 0) is 49.7 Å². The van der Waals surface area contributed by atoms with Crippen LogP contribution in [-0.4, -0.2) is 23.8 Å². The average molecular weight is 348 g/mol. The van der Waals surface area contributed by atoms with E-state index in [1.54, 1.807) is 18.2 Å².